The van der Waals surface area contributed by atoms with Crippen LogP contribution in [0, 0.1) is 11.6 Å². The average molecular weight is 239 g/mol. The minimum absolute atomic E-state index is 0.116. The quantitative estimate of drug-likeness (QED) is 0.500. The number of rotatable bonds is 3. The van der Waals surface area contributed by atoms with Crippen molar-refractivity contribution >= 4 is 24.0 Å². The molecule has 0 aliphatic heterocycles. The molecule has 0 radical (unpaired) electrons. The first-order valence-corrected chi connectivity index (χ1v) is 5.30. The number of aromatic nitrogens is 1. The Bertz CT molecular complexity index is 490. The van der Waals surface area contributed by atoms with E-state index in [2.05, 4.69) is 4.98 Å². The zero-order valence-corrected chi connectivity index (χ0v) is 10.2. The Morgan fingerprint density at radius 2 is 2.06 bits per heavy atom. The number of H-pyrrole nitrogens is 1. The fourth-order valence-corrected chi connectivity index (χ4v) is 1.64. The molecule has 0 aliphatic carbocycles. The van der Waals surface area contributed by atoms with E-state index in [0.29, 0.717) is 15.9 Å². The molecular weight excluding hydrogens is 226 g/mol. The standard InChI is InChI=1S/C11H13NO3S/c1-4-15-11(14)9-5-8(7(3)13)6(2)12-10(9)16/h5H,4H2,1-3H3,(H,12,16). The first-order valence-electron chi connectivity index (χ1n) is 4.89. The number of nitrogens with one attached hydrogen (secondary N) is 1. The zero-order valence-electron chi connectivity index (χ0n) is 9.42. The summed E-state index contributed by atoms with van der Waals surface area (Å²) in [6, 6.07) is 1.48. The van der Waals surface area contributed by atoms with Gasteiger partial charge in [0.1, 0.15) is 4.64 Å². The maximum Gasteiger partial charge on any atom is 0.341 e. The second-order valence-corrected chi connectivity index (χ2v) is 3.74. The Hall–Kier alpha value is -1.49. The van der Waals surface area contributed by atoms with Crippen LogP contribution in [0.1, 0.15) is 40.3 Å². The predicted molar refractivity (Wildman–Crippen MR) is 62.3 cm³/mol. The molecular formula is C11H13NO3S. The van der Waals surface area contributed by atoms with Crippen LogP contribution in [0.3, 0.4) is 0 Å². The highest BCUT2D eigenvalue weighted by Crippen LogP contribution is 2.12. The lowest BCUT2D eigenvalue weighted by Gasteiger charge is -2.06. The number of carbonyl (C=O) groups is 2. The Morgan fingerprint density at radius 1 is 1.44 bits per heavy atom. The Morgan fingerprint density at radius 3 is 2.56 bits per heavy atom. The third-order valence-electron chi connectivity index (χ3n) is 2.11. The normalized spacial score (nSPS) is 9.94. The monoisotopic (exact) mass is 239 g/mol. The third-order valence-corrected chi connectivity index (χ3v) is 2.43. The number of esters is 1. The highest BCUT2D eigenvalue weighted by molar-refractivity contribution is 7.71. The first-order chi connectivity index (χ1) is 7.47. The van der Waals surface area contributed by atoms with Crippen molar-refractivity contribution in [2.75, 3.05) is 6.61 Å². The number of ketones is 1. The molecule has 1 aromatic rings. The summed E-state index contributed by atoms with van der Waals surface area (Å²) in [5, 5.41) is 0. The molecule has 0 unspecified atom stereocenters. The van der Waals surface area contributed by atoms with E-state index < -0.39 is 5.97 Å². The molecule has 0 bridgehead atoms. The molecule has 0 saturated carbocycles. The van der Waals surface area contributed by atoms with E-state index in [-0.39, 0.29) is 18.0 Å². The van der Waals surface area contributed by atoms with Gasteiger partial charge in [0.2, 0.25) is 0 Å². The molecule has 0 saturated heterocycles. The molecule has 16 heavy (non-hydrogen) atoms. The number of aromatic amines is 1. The summed E-state index contributed by atoms with van der Waals surface area (Å²) < 4.78 is 5.14. The second-order valence-electron chi connectivity index (χ2n) is 3.33. The minimum Gasteiger partial charge on any atom is -0.462 e. The number of pyridine rings is 1. The fraction of sp³-hybridized carbons (Fsp3) is 0.364. The van der Waals surface area contributed by atoms with E-state index in [1.807, 2.05) is 0 Å². The van der Waals surface area contributed by atoms with Gasteiger partial charge < -0.3 is 9.72 Å². The summed E-state index contributed by atoms with van der Waals surface area (Å²) in [6.07, 6.45) is 0. The van der Waals surface area contributed by atoms with Crippen LogP contribution in [0.2, 0.25) is 0 Å². The van der Waals surface area contributed by atoms with E-state index in [4.69, 9.17) is 17.0 Å². The van der Waals surface area contributed by atoms with Gasteiger partial charge in [-0.1, -0.05) is 12.2 Å². The molecule has 1 rings (SSSR count). The number of hydrogen-bond acceptors (Lipinski definition) is 4. The van der Waals surface area contributed by atoms with Crippen molar-refractivity contribution in [3.05, 3.63) is 27.5 Å². The van der Waals surface area contributed by atoms with Gasteiger partial charge in [0, 0.05) is 11.3 Å². The van der Waals surface area contributed by atoms with E-state index >= 15 is 0 Å². The van der Waals surface area contributed by atoms with Crippen molar-refractivity contribution in [3.63, 3.8) is 0 Å². The first kappa shape index (κ1) is 12.6. The number of aryl methyl sites for hydroxylation is 1. The van der Waals surface area contributed by atoms with Crippen LogP contribution in [0.25, 0.3) is 0 Å². The van der Waals surface area contributed by atoms with Crippen LogP contribution >= 0.6 is 12.2 Å². The van der Waals surface area contributed by atoms with Gasteiger partial charge in [-0.05, 0) is 26.8 Å². The van der Waals surface area contributed by atoms with E-state index in [1.165, 1.54) is 13.0 Å². The van der Waals surface area contributed by atoms with Crippen LogP contribution in [-0.4, -0.2) is 23.3 Å². The van der Waals surface area contributed by atoms with Gasteiger partial charge in [0.05, 0.1) is 12.2 Å². The second kappa shape index (κ2) is 5.03. The third kappa shape index (κ3) is 2.55. The molecule has 5 heteroatoms. The number of Topliss-reactive ketones (excluding diaryl/α,β-unsaturated/α-hetero) is 1. The van der Waals surface area contributed by atoms with Crippen molar-refractivity contribution in [1.82, 2.24) is 4.98 Å². The van der Waals surface area contributed by atoms with Gasteiger partial charge in [0.15, 0.2) is 5.78 Å². The minimum atomic E-state index is -0.508. The van der Waals surface area contributed by atoms with Crippen LogP contribution in [-0.2, 0) is 4.74 Å². The molecule has 0 fully saturated rings. The zero-order chi connectivity index (χ0) is 12.3. The summed E-state index contributed by atoms with van der Waals surface area (Å²) in [6.45, 7) is 5.16. The van der Waals surface area contributed by atoms with Crippen LogP contribution in [0.4, 0.5) is 0 Å². The highest BCUT2D eigenvalue weighted by Gasteiger charge is 2.13. The van der Waals surface area contributed by atoms with Crippen LogP contribution in [0.15, 0.2) is 6.07 Å². The van der Waals surface area contributed by atoms with Gasteiger partial charge in [-0.25, -0.2) is 4.79 Å². The maximum atomic E-state index is 11.5. The molecule has 0 aromatic carbocycles. The molecule has 0 amide bonds. The van der Waals surface area contributed by atoms with Gasteiger partial charge in [-0.2, -0.15) is 0 Å². The fourth-order valence-electron chi connectivity index (χ4n) is 1.35. The highest BCUT2D eigenvalue weighted by atomic mass is 32.1. The van der Waals surface area contributed by atoms with Gasteiger partial charge in [0.25, 0.3) is 0 Å². The van der Waals surface area contributed by atoms with Crippen molar-refractivity contribution < 1.29 is 14.3 Å². The van der Waals surface area contributed by atoms with Gasteiger partial charge >= 0.3 is 5.97 Å². The van der Waals surface area contributed by atoms with Crippen molar-refractivity contribution in [2.24, 2.45) is 0 Å². The molecule has 0 aliphatic rings. The number of ether oxygens (including phenoxy) is 1. The average Bonchev–Trinajstić information content (AvgIpc) is 2.17. The summed E-state index contributed by atoms with van der Waals surface area (Å²) in [7, 11) is 0. The molecule has 4 nitrogen and oxygen atoms in total. The number of carbonyl (C=O) groups excluding carboxylic acids is 2. The van der Waals surface area contributed by atoms with Gasteiger partial charge in [-0.3, -0.25) is 4.79 Å². The van der Waals surface area contributed by atoms with Crippen LogP contribution < -0.4 is 0 Å². The van der Waals surface area contributed by atoms with Gasteiger partial charge in [-0.15, -0.1) is 0 Å². The lowest BCUT2D eigenvalue weighted by atomic mass is 10.1. The summed E-state index contributed by atoms with van der Waals surface area (Å²) in [5.41, 5.74) is 1.34. The molecule has 86 valence electrons. The van der Waals surface area contributed by atoms with Crippen LogP contribution in [0.5, 0.6) is 0 Å². The molecule has 1 heterocycles. The molecule has 1 N–H and O–H groups in total. The van der Waals surface area contributed by atoms with E-state index in [1.54, 1.807) is 13.8 Å². The predicted octanol–water partition coefficient (Wildman–Crippen LogP) is 2.43. The van der Waals surface area contributed by atoms with E-state index in [0.717, 1.165) is 0 Å². The Kier molecular flexibility index (Phi) is 3.95. The lowest BCUT2D eigenvalue weighted by molar-refractivity contribution is 0.0525. The summed E-state index contributed by atoms with van der Waals surface area (Å²) in [5.74, 6) is -0.624. The number of hydrogen-bond donors (Lipinski definition) is 1. The summed E-state index contributed by atoms with van der Waals surface area (Å²) in [4.78, 5) is 25.7. The van der Waals surface area contributed by atoms with Crippen molar-refractivity contribution in [2.45, 2.75) is 20.8 Å². The lowest BCUT2D eigenvalue weighted by Crippen LogP contribution is -2.09. The largest absolute Gasteiger partial charge is 0.462 e. The SMILES string of the molecule is CCOC(=O)c1cc(C(C)=O)c(C)[nH]c1=S. The van der Waals surface area contributed by atoms with E-state index in [9.17, 15) is 9.59 Å². The Balaban J connectivity index is 3.30. The molecule has 1 aromatic heterocycles. The topological polar surface area (TPSA) is 59.2 Å². The smallest absolute Gasteiger partial charge is 0.341 e. The molecule has 0 spiro atoms. The van der Waals surface area contributed by atoms with Crippen molar-refractivity contribution in [1.29, 1.82) is 0 Å². The maximum absolute atomic E-state index is 11.5. The summed E-state index contributed by atoms with van der Waals surface area (Å²) >= 11 is 5.01. The molecule has 0 atom stereocenters. The van der Waals surface area contributed by atoms with Crippen molar-refractivity contribution in [3.8, 4) is 0 Å². The Labute approximate surface area is 98.6 Å².